The number of aromatic nitrogens is 1. The van der Waals surface area contributed by atoms with Crippen molar-refractivity contribution in [3.05, 3.63) is 35.0 Å². The van der Waals surface area contributed by atoms with Crippen LogP contribution in [0.4, 0.5) is 0 Å². The van der Waals surface area contributed by atoms with Crippen LogP contribution in [-0.4, -0.2) is 11.0 Å². The number of carbonyl (C=O) groups is 1. The molecule has 1 aromatic carbocycles. The van der Waals surface area contributed by atoms with E-state index in [1.54, 1.807) is 0 Å². The van der Waals surface area contributed by atoms with Gasteiger partial charge >= 0.3 is 5.97 Å². The first kappa shape index (κ1) is 16.5. The van der Waals surface area contributed by atoms with E-state index in [9.17, 15) is 4.79 Å². The van der Waals surface area contributed by atoms with Gasteiger partial charge in [0.15, 0.2) is 0 Å². The van der Waals surface area contributed by atoms with Crippen LogP contribution in [0.3, 0.4) is 0 Å². The fourth-order valence-corrected chi connectivity index (χ4v) is 2.68. The quantitative estimate of drug-likeness (QED) is 0.562. The van der Waals surface area contributed by atoms with E-state index >= 15 is 0 Å². The maximum atomic E-state index is 11.4. The van der Waals surface area contributed by atoms with E-state index in [4.69, 9.17) is 4.74 Å². The minimum absolute atomic E-state index is 0.289. The second-order valence-corrected chi connectivity index (χ2v) is 5.91. The number of aryl methyl sites for hydroxylation is 2. The number of carbonyl (C=O) groups excluding carboxylic acids is 1. The van der Waals surface area contributed by atoms with Gasteiger partial charge in [0.25, 0.3) is 0 Å². The Morgan fingerprint density at radius 1 is 1.18 bits per heavy atom. The van der Waals surface area contributed by atoms with Crippen LogP contribution >= 0.6 is 0 Å². The van der Waals surface area contributed by atoms with Gasteiger partial charge in [-0.15, -0.1) is 0 Å². The van der Waals surface area contributed by atoms with E-state index in [0.29, 0.717) is 5.75 Å². The van der Waals surface area contributed by atoms with Gasteiger partial charge in [0.05, 0.1) is 5.52 Å². The lowest BCUT2D eigenvalue weighted by Crippen LogP contribution is -2.05. The first-order valence-electron chi connectivity index (χ1n) is 8.11. The van der Waals surface area contributed by atoms with Crippen LogP contribution < -0.4 is 4.74 Å². The number of hydrogen-bond donors (Lipinski definition) is 0. The summed E-state index contributed by atoms with van der Waals surface area (Å²) in [4.78, 5) is 16.0. The molecule has 0 radical (unpaired) electrons. The zero-order chi connectivity index (χ0) is 16.1. The highest BCUT2D eigenvalue weighted by Gasteiger charge is 2.13. The van der Waals surface area contributed by atoms with Crippen molar-refractivity contribution in [3.63, 3.8) is 0 Å². The molecule has 0 amide bonds. The summed E-state index contributed by atoms with van der Waals surface area (Å²) in [6.07, 6.45) is 6.04. The van der Waals surface area contributed by atoms with Gasteiger partial charge in [-0.25, -0.2) is 0 Å². The second-order valence-electron chi connectivity index (χ2n) is 5.91. The van der Waals surface area contributed by atoms with E-state index in [0.717, 1.165) is 28.6 Å². The Balaban J connectivity index is 2.36. The van der Waals surface area contributed by atoms with Crippen molar-refractivity contribution >= 4 is 16.9 Å². The van der Waals surface area contributed by atoms with Gasteiger partial charge in [-0.2, -0.15) is 0 Å². The van der Waals surface area contributed by atoms with Crippen LogP contribution in [0.2, 0.25) is 0 Å². The number of hydrogen-bond acceptors (Lipinski definition) is 3. The number of unbranched alkanes of at least 4 members (excludes halogenated alkanes) is 3. The Morgan fingerprint density at radius 2 is 1.95 bits per heavy atom. The zero-order valence-electron chi connectivity index (χ0n) is 14.0. The third-order valence-corrected chi connectivity index (χ3v) is 4.04. The number of nitrogens with zero attached hydrogens (tertiary/aromatic N) is 1. The van der Waals surface area contributed by atoms with Crippen molar-refractivity contribution in [2.75, 3.05) is 0 Å². The molecule has 0 N–H and O–H groups in total. The molecular weight excluding hydrogens is 274 g/mol. The molecule has 1 heterocycles. The van der Waals surface area contributed by atoms with Crippen molar-refractivity contribution < 1.29 is 9.53 Å². The normalized spacial score (nSPS) is 10.9. The molecule has 0 fully saturated rings. The minimum Gasteiger partial charge on any atom is -0.426 e. The van der Waals surface area contributed by atoms with Gasteiger partial charge in [-0.05, 0) is 44.4 Å². The molecule has 0 unspecified atom stereocenters. The average molecular weight is 299 g/mol. The Bertz CT molecular complexity index is 677. The van der Waals surface area contributed by atoms with Crippen LogP contribution in [0.15, 0.2) is 18.2 Å². The third-order valence-electron chi connectivity index (χ3n) is 4.04. The fraction of sp³-hybridized carbons (Fsp3) is 0.474. The molecule has 0 saturated carbocycles. The van der Waals surface area contributed by atoms with Crippen molar-refractivity contribution in [3.8, 4) is 5.75 Å². The number of fused-ring (bicyclic) bond motifs is 1. The molecule has 2 rings (SSSR count). The predicted molar refractivity (Wildman–Crippen MR) is 90.4 cm³/mol. The third kappa shape index (κ3) is 3.85. The van der Waals surface area contributed by atoms with Crippen molar-refractivity contribution in [2.24, 2.45) is 0 Å². The Hall–Kier alpha value is -1.90. The highest BCUT2D eigenvalue weighted by atomic mass is 16.5. The number of esters is 1. The lowest BCUT2D eigenvalue weighted by atomic mass is 10.0. The molecule has 0 bridgehead atoms. The van der Waals surface area contributed by atoms with Gasteiger partial charge in [0.2, 0.25) is 0 Å². The lowest BCUT2D eigenvalue weighted by molar-refractivity contribution is -0.131. The van der Waals surface area contributed by atoms with E-state index in [-0.39, 0.29) is 5.97 Å². The van der Waals surface area contributed by atoms with Crippen LogP contribution in [0.1, 0.15) is 56.4 Å². The van der Waals surface area contributed by atoms with Gasteiger partial charge in [-0.3, -0.25) is 9.78 Å². The molecule has 0 aliphatic heterocycles. The summed E-state index contributed by atoms with van der Waals surface area (Å²) in [5.41, 5.74) is 4.00. The topological polar surface area (TPSA) is 39.2 Å². The molecule has 2 aromatic rings. The molecule has 0 spiro atoms. The summed E-state index contributed by atoms with van der Waals surface area (Å²) in [5.74, 6) is 0.369. The minimum atomic E-state index is -0.289. The van der Waals surface area contributed by atoms with E-state index in [1.807, 2.05) is 19.9 Å². The molecule has 3 nitrogen and oxygen atoms in total. The maximum Gasteiger partial charge on any atom is 0.308 e. The standard InChI is InChI=1S/C19H25NO2/c1-5-6-7-8-9-16-10-11-18-17(12-16)19(22-15(4)21)13(2)14(3)20-18/h10-12H,5-9H2,1-4H3. The van der Waals surface area contributed by atoms with E-state index in [2.05, 4.69) is 24.0 Å². The molecule has 22 heavy (non-hydrogen) atoms. The summed E-state index contributed by atoms with van der Waals surface area (Å²) >= 11 is 0. The van der Waals surface area contributed by atoms with Crippen LogP contribution in [0, 0.1) is 13.8 Å². The van der Waals surface area contributed by atoms with Crippen LogP contribution in [0.5, 0.6) is 5.75 Å². The molecule has 0 atom stereocenters. The van der Waals surface area contributed by atoms with Crippen molar-refractivity contribution in [2.45, 2.75) is 59.8 Å². The molecular formula is C19H25NO2. The molecule has 0 aliphatic carbocycles. The predicted octanol–water partition coefficient (Wildman–Crippen LogP) is 4.90. The summed E-state index contributed by atoms with van der Waals surface area (Å²) in [7, 11) is 0. The lowest BCUT2D eigenvalue weighted by Gasteiger charge is -2.13. The number of benzene rings is 1. The smallest absolute Gasteiger partial charge is 0.308 e. The van der Waals surface area contributed by atoms with Crippen LogP contribution in [0.25, 0.3) is 10.9 Å². The zero-order valence-corrected chi connectivity index (χ0v) is 14.0. The maximum absolute atomic E-state index is 11.4. The first-order valence-corrected chi connectivity index (χ1v) is 8.11. The average Bonchev–Trinajstić information content (AvgIpc) is 2.48. The van der Waals surface area contributed by atoms with E-state index in [1.165, 1.54) is 38.2 Å². The summed E-state index contributed by atoms with van der Waals surface area (Å²) in [6.45, 7) is 7.56. The van der Waals surface area contributed by atoms with Gasteiger partial charge < -0.3 is 4.74 Å². The first-order chi connectivity index (χ1) is 10.5. The Morgan fingerprint density at radius 3 is 2.64 bits per heavy atom. The largest absolute Gasteiger partial charge is 0.426 e. The highest BCUT2D eigenvalue weighted by molar-refractivity contribution is 5.89. The Kier molecular flexibility index (Phi) is 5.53. The molecule has 118 valence electrons. The second kappa shape index (κ2) is 7.39. The number of pyridine rings is 1. The summed E-state index contributed by atoms with van der Waals surface area (Å²) in [5, 5.41) is 0.936. The molecule has 0 aliphatic rings. The van der Waals surface area contributed by atoms with Crippen LogP contribution in [-0.2, 0) is 11.2 Å². The highest BCUT2D eigenvalue weighted by Crippen LogP contribution is 2.31. The summed E-state index contributed by atoms with van der Waals surface area (Å²) in [6, 6.07) is 6.29. The SMILES string of the molecule is CCCCCCc1ccc2nc(C)c(C)c(OC(C)=O)c2c1. The van der Waals surface area contributed by atoms with Gasteiger partial charge in [0, 0.05) is 23.6 Å². The van der Waals surface area contributed by atoms with Crippen molar-refractivity contribution in [1.29, 1.82) is 0 Å². The number of ether oxygens (including phenoxy) is 1. The molecule has 0 saturated heterocycles. The summed E-state index contributed by atoms with van der Waals surface area (Å²) < 4.78 is 5.46. The monoisotopic (exact) mass is 299 g/mol. The number of rotatable bonds is 6. The molecule has 3 heteroatoms. The fourth-order valence-electron chi connectivity index (χ4n) is 2.68. The van der Waals surface area contributed by atoms with Gasteiger partial charge in [-0.1, -0.05) is 32.3 Å². The van der Waals surface area contributed by atoms with E-state index < -0.39 is 0 Å². The Labute approximate surface area is 132 Å². The molecule has 1 aromatic heterocycles. The van der Waals surface area contributed by atoms with Crippen molar-refractivity contribution in [1.82, 2.24) is 4.98 Å². The van der Waals surface area contributed by atoms with Gasteiger partial charge in [0.1, 0.15) is 5.75 Å².